The summed E-state index contributed by atoms with van der Waals surface area (Å²) in [6.45, 7) is 2.05. The topological polar surface area (TPSA) is 67.9 Å². The molecule has 0 radical (unpaired) electrons. The van der Waals surface area contributed by atoms with Crippen molar-refractivity contribution in [2.45, 2.75) is 17.8 Å². The van der Waals surface area contributed by atoms with Crippen molar-refractivity contribution in [3.63, 3.8) is 0 Å². The lowest BCUT2D eigenvalue weighted by Gasteiger charge is -2.02. The number of rotatable bonds is 5. The van der Waals surface area contributed by atoms with Crippen LogP contribution in [0.4, 0.5) is 0 Å². The van der Waals surface area contributed by atoms with E-state index in [1.165, 1.54) is 24.4 Å². The van der Waals surface area contributed by atoms with Gasteiger partial charge in [-0.2, -0.15) is 0 Å². The molecule has 3 rings (SSSR count). The van der Waals surface area contributed by atoms with Crippen LogP contribution in [0.1, 0.15) is 21.5 Å². The number of aromatic nitrogens is 3. The Kier molecular flexibility index (Phi) is 4.96. The summed E-state index contributed by atoms with van der Waals surface area (Å²) in [7, 11) is 1.38. The van der Waals surface area contributed by atoms with Crippen LogP contribution in [0.2, 0.25) is 0 Å². The van der Waals surface area contributed by atoms with Crippen LogP contribution in [-0.4, -0.2) is 28.3 Å². The van der Waals surface area contributed by atoms with E-state index in [9.17, 15) is 4.79 Å². The van der Waals surface area contributed by atoms with Crippen molar-refractivity contribution in [3.8, 4) is 11.4 Å². The molecule has 122 valence electrons. The molecule has 2 aromatic carbocycles. The number of thioether (sulfide) groups is 1. The maximum atomic E-state index is 11.6. The molecular formula is C18H17N3O2S. The molecule has 1 N–H and O–H groups in total. The molecule has 3 aromatic rings. The molecule has 0 unspecified atom stereocenters. The Labute approximate surface area is 144 Å². The van der Waals surface area contributed by atoms with Crippen LogP contribution in [0.5, 0.6) is 0 Å². The molecule has 0 fully saturated rings. The fourth-order valence-corrected chi connectivity index (χ4v) is 2.95. The zero-order valence-electron chi connectivity index (χ0n) is 13.4. The van der Waals surface area contributed by atoms with E-state index in [4.69, 9.17) is 4.74 Å². The number of hydrogen-bond donors (Lipinski definition) is 1. The van der Waals surface area contributed by atoms with E-state index in [0.29, 0.717) is 16.5 Å². The Morgan fingerprint density at radius 1 is 1.21 bits per heavy atom. The number of aromatic amines is 1. The lowest BCUT2D eigenvalue weighted by molar-refractivity contribution is 0.0600. The molecule has 0 amide bonds. The molecule has 6 heteroatoms. The van der Waals surface area contributed by atoms with E-state index in [1.54, 1.807) is 6.07 Å². The molecule has 0 aliphatic heterocycles. The maximum absolute atomic E-state index is 11.6. The molecule has 5 nitrogen and oxygen atoms in total. The number of ether oxygens (including phenoxy) is 1. The van der Waals surface area contributed by atoms with Crippen LogP contribution in [0.3, 0.4) is 0 Å². The van der Waals surface area contributed by atoms with Gasteiger partial charge < -0.3 is 4.74 Å². The lowest BCUT2D eigenvalue weighted by atomic mass is 10.1. The second-order valence-electron chi connectivity index (χ2n) is 5.31. The monoisotopic (exact) mass is 339 g/mol. The van der Waals surface area contributed by atoms with E-state index in [-0.39, 0.29) is 5.97 Å². The maximum Gasteiger partial charge on any atom is 0.337 e. The predicted octanol–water partition coefficient (Wildman–Crippen LogP) is 3.86. The molecule has 1 aromatic heterocycles. The predicted molar refractivity (Wildman–Crippen MR) is 93.9 cm³/mol. The summed E-state index contributed by atoms with van der Waals surface area (Å²) in [5.41, 5.74) is 3.78. The summed E-state index contributed by atoms with van der Waals surface area (Å²) < 4.78 is 4.74. The number of H-pyrrole nitrogens is 1. The van der Waals surface area contributed by atoms with Gasteiger partial charge in [0.2, 0.25) is 5.16 Å². The SMILES string of the molecule is COC(=O)c1cccc(CSc2n[nH]c(-c3ccc(C)cc3)n2)c1. The zero-order chi connectivity index (χ0) is 16.9. The Morgan fingerprint density at radius 2 is 2.00 bits per heavy atom. The van der Waals surface area contributed by atoms with Gasteiger partial charge in [0.15, 0.2) is 5.82 Å². The van der Waals surface area contributed by atoms with Crippen LogP contribution >= 0.6 is 11.8 Å². The molecule has 0 spiro atoms. The number of carbonyl (C=O) groups excluding carboxylic acids is 1. The summed E-state index contributed by atoms with van der Waals surface area (Å²) in [4.78, 5) is 16.1. The first kappa shape index (κ1) is 16.3. The normalized spacial score (nSPS) is 10.6. The van der Waals surface area contributed by atoms with Gasteiger partial charge in [0, 0.05) is 11.3 Å². The Bertz CT molecular complexity index is 843. The minimum absolute atomic E-state index is 0.332. The van der Waals surface area contributed by atoms with Gasteiger partial charge in [0.25, 0.3) is 0 Å². The summed E-state index contributed by atoms with van der Waals surface area (Å²) in [6, 6.07) is 15.5. The van der Waals surface area contributed by atoms with Crippen molar-refractivity contribution in [3.05, 3.63) is 65.2 Å². The third kappa shape index (κ3) is 3.83. The molecule has 0 saturated heterocycles. The highest BCUT2D eigenvalue weighted by Crippen LogP contribution is 2.23. The minimum atomic E-state index is -0.332. The van der Waals surface area contributed by atoms with Crippen LogP contribution in [0.15, 0.2) is 53.7 Å². The van der Waals surface area contributed by atoms with Crippen molar-refractivity contribution in [2.75, 3.05) is 7.11 Å². The van der Waals surface area contributed by atoms with Crippen molar-refractivity contribution < 1.29 is 9.53 Å². The van der Waals surface area contributed by atoms with Crippen LogP contribution in [0.25, 0.3) is 11.4 Å². The molecule has 0 atom stereocenters. The van der Waals surface area contributed by atoms with Crippen molar-refractivity contribution in [1.82, 2.24) is 15.2 Å². The quantitative estimate of drug-likeness (QED) is 0.565. The average molecular weight is 339 g/mol. The van der Waals surface area contributed by atoms with Gasteiger partial charge in [0.05, 0.1) is 12.7 Å². The Balaban J connectivity index is 1.67. The fourth-order valence-electron chi connectivity index (χ4n) is 2.21. The number of nitrogens with one attached hydrogen (secondary N) is 1. The molecule has 24 heavy (non-hydrogen) atoms. The molecular weight excluding hydrogens is 322 g/mol. The van der Waals surface area contributed by atoms with Gasteiger partial charge in [-0.25, -0.2) is 9.78 Å². The average Bonchev–Trinajstić information content (AvgIpc) is 3.09. The molecule has 0 aliphatic carbocycles. The van der Waals surface area contributed by atoms with E-state index < -0.39 is 0 Å². The molecule has 0 bridgehead atoms. The van der Waals surface area contributed by atoms with Crippen molar-refractivity contribution >= 4 is 17.7 Å². The van der Waals surface area contributed by atoms with E-state index in [0.717, 1.165) is 17.0 Å². The largest absolute Gasteiger partial charge is 0.465 e. The summed E-state index contributed by atoms with van der Waals surface area (Å²) >= 11 is 1.51. The number of hydrogen-bond acceptors (Lipinski definition) is 5. The summed E-state index contributed by atoms with van der Waals surface area (Å²) in [6.07, 6.45) is 0. The van der Waals surface area contributed by atoms with Gasteiger partial charge in [0.1, 0.15) is 0 Å². The Hall–Kier alpha value is -2.60. The van der Waals surface area contributed by atoms with E-state index in [2.05, 4.69) is 15.2 Å². The number of methoxy groups -OCH3 is 1. The second kappa shape index (κ2) is 7.31. The fraction of sp³-hybridized carbons (Fsp3) is 0.167. The second-order valence-corrected chi connectivity index (χ2v) is 6.26. The van der Waals surface area contributed by atoms with Crippen LogP contribution < -0.4 is 0 Å². The van der Waals surface area contributed by atoms with Gasteiger partial charge in [-0.15, -0.1) is 5.10 Å². The van der Waals surface area contributed by atoms with Gasteiger partial charge in [-0.3, -0.25) is 5.10 Å². The first-order valence-corrected chi connectivity index (χ1v) is 8.44. The smallest absolute Gasteiger partial charge is 0.337 e. The highest BCUT2D eigenvalue weighted by atomic mass is 32.2. The molecule has 0 saturated carbocycles. The number of carbonyl (C=O) groups is 1. The first-order valence-electron chi connectivity index (χ1n) is 7.45. The van der Waals surface area contributed by atoms with Crippen molar-refractivity contribution in [2.24, 2.45) is 0 Å². The summed E-state index contributed by atoms with van der Waals surface area (Å²) in [5, 5.41) is 7.87. The zero-order valence-corrected chi connectivity index (χ0v) is 14.3. The van der Waals surface area contributed by atoms with Crippen molar-refractivity contribution in [1.29, 1.82) is 0 Å². The number of benzene rings is 2. The minimum Gasteiger partial charge on any atom is -0.465 e. The van der Waals surface area contributed by atoms with E-state index in [1.807, 2.05) is 49.4 Å². The lowest BCUT2D eigenvalue weighted by Crippen LogP contribution is -2.01. The highest BCUT2D eigenvalue weighted by Gasteiger charge is 2.09. The third-order valence-electron chi connectivity index (χ3n) is 3.51. The number of nitrogens with zero attached hydrogens (tertiary/aromatic N) is 2. The van der Waals surface area contributed by atoms with Gasteiger partial charge >= 0.3 is 5.97 Å². The first-order chi connectivity index (χ1) is 11.7. The Morgan fingerprint density at radius 3 is 2.75 bits per heavy atom. The van der Waals surface area contributed by atoms with Crippen LogP contribution in [0, 0.1) is 6.92 Å². The number of aryl methyl sites for hydroxylation is 1. The van der Waals surface area contributed by atoms with Gasteiger partial charge in [-0.05, 0) is 24.6 Å². The highest BCUT2D eigenvalue weighted by molar-refractivity contribution is 7.98. The van der Waals surface area contributed by atoms with E-state index >= 15 is 0 Å². The number of esters is 1. The third-order valence-corrected chi connectivity index (χ3v) is 4.42. The summed E-state index contributed by atoms with van der Waals surface area (Å²) in [5.74, 6) is 1.10. The van der Waals surface area contributed by atoms with Crippen LogP contribution in [-0.2, 0) is 10.5 Å². The molecule has 0 aliphatic rings. The van der Waals surface area contributed by atoms with Gasteiger partial charge in [-0.1, -0.05) is 53.7 Å². The standard InChI is InChI=1S/C18H17N3O2S/c1-12-6-8-14(9-7-12)16-19-18(21-20-16)24-11-13-4-3-5-15(10-13)17(22)23-2/h3-10H,11H2,1-2H3,(H,19,20,21). The molecule has 1 heterocycles.